The molecular formula is C19H27N3O2. The van der Waals surface area contributed by atoms with Crippen LogP contribution in [0.15, 0.2) is 34.7 Å². The van der Waals surface area contributed by atoms with E-state index in [1.807, 2.05) is 32.1 Å². The number of nitriles is 1. The fraction of sp³-hybridized carbons (Fsp3) is 0.579. The van der Waals surface area contributed by atoms with Gasteiger partial charge in [0.15, 0.2) is 0 Å². The van der Waals surface area contributed by atoms with Gasteiger partial charge in [-0.1, -0.05) is 6.42 Å². The quantitative estimate of drug-likeness (QED) is 0.441. The van der Waals surface area contributed by atoms with Gasteiger partial charge >= 0.3 is 5.97 Å². The molecule has 1 saturated heterocycles. The second-order valence-corrected chi connectivity index (χ2v) is 6.29. The Morgan fingerprint density at radius 2 is 1.79 bits per heavy atom. The minimum Gasteiger partial charge on any atom is -0.462 e. The number of rotatable bonds is 5. The monoisotopic (exact) mass is 329 g/mol. The topological polar surface area (TPSA) is 56.6 Å². The van der Waals surface area contributed by atoms with Gasteiger partial charge in [0, 0.05) is 30.1 Å². The maximum atomic E-state index is 11.9. The van der Waals surface area contributed by atoms with Gasteiger partial charge in [-0.15, -0.1) is 0 Å². The molecule has 0 atom stereocenters. The Kier molecular flexibility index (Phi) is 6.62. The van der Waals surface area contributed by atoms with Crippen LogP contribution in [-0.2, 0) is 9.53 Å². The SMILES string of the molecule is CCOC(=O)C(C#N)=C1C=C(C)N(CCN2CCCCC2)C(C)=C1. The lowest BCUT2D eigenvalue weighted by Crippen LogP contribution is -2.37. The van der Waals surface area contributed by atoms with E-state index in [9.17, 15) is 10.1 Å². The lowest BCUT2D eigenvalue weighted by molar-refractivity contribution is -0.138. The number of nitrogens with zero attached hydrogens (tertiary/aromatic N) is 3. The summed E-state index contributed by atoms with van der Waals surface area (Å²) in [5.74, 6) is -0.551. The maximum absolute atomic E-state index is 11.9. The Morgan fingerprint density at radius 3 is 2.33 bits per heavy atom. The van der Waals surface area contributed by atoms with Crippen molar-refractivity contribution >= 4 is 5.97 Å². The predicted molar refractivity (Wildman–Crippen MR) is 93.8 cm³/mol. The molecule has 0 bridgehead atoms. The highest BCUT2D eigenvalue weighted by Gasteiger charge is 2.20. The fourth-order valence-electron chi connectivity index (χ4n) is 3.28. The van der Waals surface area contributed by atoms with E-state index >= 15 is 0 Å². The van der Waals surface area contributed by atoms with Crippen molar-refractivity contribution in [3.05, 3.63) is 34.7 Å². The molecule has 24 heavy (non-hydrogen) atoms. The molecule has 0 amide bonds. The molecule has 0 aliphatic carbocycles. The fourth-order valence-corrected chi connectivity index (χ4v) is 3.28. The third-order valence-electron chi connectivity index (χ3n) is 4.55. The molecule has 0 unspecified atom stereocenters. The molecule has 5 heteroatoms. The van der Waals surface area contributed by atoms with Crippen molar-refractivity contribution < 1.29 is 9.53 Å². The second-order valence-electron chi connectivity index (χ2n) is 6.29. The predicted octanol–water partition coefficient (Wildman–Crippen LogP) is 2.98. The molecular weight excluding hydrogens is 302 g/mol. The average Bonchev–Trinajstić information content (AvgIpc) is 2.56. The molecule has 2 rings (SSSR count). The molecule has 0 aromatic heterocycles. The number of piperidine rings is 1. The summed E-state index contributed by atoms with van der Waals surface area (Å²) in [6, 6.07) is 1.99. The summed E-state index contributed by atoms with van der Waals surface area (Å²) in [6.07, 6.45) is 7.73. The summed E-state index contributed by atoms with van der Waals surface area (Å²) >= 11 is 0. The number of hydrogen-bond donors (Lipinski definition) is 0. The van der Waals surface area contributed by atoms with Gasteiger partial charge in [0.1, 0.15) is 11.6 Å². The molecule has 0 saturated carbocycles. The van der Waals surface area contributed by atoms with E-state index in [2.05, 4.69) is 9.80 Å². The second kappa shape index (κ2) is 8.70. The third kappa shape index (κ3) is 4.48. The Labute approximate surface area is 144 Å². The summed E-state index contributed by atoms with van der Waals surface area (Å²) < 4.78 is 4.97. The van der Waals surface area contributed by atoms with Gasteiger partial charge in [-0.05, 0) is 58.9 Å². The van der Waals surface area contributed by atoms with Gasteiger partial charge in [-0.25, -0.2) is 4.79 Å². The number of carbonyl (C=O) groups excluding carboxylic acids is 1. The van der Waals surface area contributed by atoms with Gasteiger partial charge in [-0.3, -0.25) is 0 Å². The zero-order valence-corrected chi connectivity index (χ0v) is 15.0. The molecule has 0 aromatic rings. The first-order valence-electron chi connectivity index (χ1n) is 8.74. The molecule has 0 N–H and O–H groups in total. The van der Waals surface area contributed by atoms with Crippen molar-refractivity contribution in [1.82, 2.24) is 9.80 Å². The number of esters is 1. The minimum absolute atomic E-state index is 0.0752. The molecule has 5 nitrogen and oxygen atoms in total. The van der Waals surface area contributed by atoms with E-state index in [0.717, 1.165) is 24.5 Å². The van der Waals surface area contributed by atoms with Crippen LogP contribution < -0.4 is 0 Å². The van der Waals surface area contributed by atoms with Crippen molar-refractivity contribution in [2.75, 3.05) is 32.8 Å². The van der Waals surface area contributed by atoms with Crippen molar-refractivity contribution in [3.63, 3.8) is 0 Å². The van der Waals surface area contributed by atoms with Crippen LogP contribution in [0.25, 0.3) is 0 Å². The van der Waals surface area contributed by atoms with Crippen molar-refractivity contribution in [3.8, 4) is 6.07 Å². The zero-order valence-electron chi connectivity index (χ0n) is 15.0. The molecule has 130 valence electrons. The molecule has 0 spiro atoms. The number of carbonyl (C=O) groups is 1. The lowest BCUT2D eigenvalue weighted by atomic mass is 10.0. The summed E-state index contributed by atoms with van der Waals surface area (Å²) in [5, 5.41) is 9.30. The first kappa shape index (κ1) is 18.3. The van der Waals surface area contributed by atoms with Gasteiger partial charge in [-0.2, -0.15) is 5.26 Å². The number of allylic oxidation sites excluding steroid dienone is 5. The van der Waals surface area contributed by atoms with E-state index in [1.165, 1.54) is 32.4 Å². The summed E-state index contributed by atoms with van der Waals surface area (Å²) in [7, 11) is 0. The lowest BCUT2D eigenvalue weighted by Gasteiger charge is -2.33. The summed E-state index contributed by atoms with van der Waals surface area (Å²) in [4.78, 5) is 16.7. The van der Waals surface area contributed by atoms with E-state index in [4.69, 9.17) is 4.74 Å². The van der Waals surface area contributed by atoms with Crippen LogP contribution >= 0.6 is 0 Å². The largest absolute Gasteiger partial charge is 0.462 e. The first-order valence-corrected chi connectivity index (χ1v) is 8.74. The van der Waals surface area contributed by atoms with E-state index in [1.54, 1.807) is 6.92 Å². The van der Waals surface area contributed by atoms with Crippen LogP contribution in [0.5, 0.6) is 0 Å². The van der Waals surface area contributed by atoms with Gasteiger partial charge in [0.25, 0.3) is 0 Å². The average molecular weight is 329 g/mol. The summed E-state index contributed by atoms with van der Waals surface area (Å²) in [6.45, 7) is 10.4. The Balaban J connectivity index is 2.10. The van der Waals surface area contributed by atoms with Crippen molar-refractivity contribution in [1.29, 1.82) is 5.26 Å². The molecule has 0 aromatic carbocycles. The van der Waals surface area contributed by atoms with Crippen molar-refractivity contribution in [2.24, 2.45) is 0 Å². The Bertz CT molecular complexity index is 583. The zero-order chi connectivity index (χ0) is 17.5. The molecule has 0 radical (unpaired) electrons. The van der Waals surface area contributed by atoms with Crippen LogP contribution in [-0.4, -0.2) is 48.6 Å². The molecule has 2 aliphatic rings. The number of hydrogen-bond acceptors (Lipinski definition) is 5. The Hall–Kier alpha value is -2.06. The standard InChI is InChI=1S/C19H27N3O2/c1-4-24-19(23)18(14-20)17-12-15(2)22(16(3)13-17)11-10-21-8-6-5-7-9-21/h12-13H,4-11H2,1-3H3. The molecule has 1 fully saturated rings. The first-order chi connectivity index (χ1) is 11.6. The van der Waals surface area contributed by atoms with E-state index in [0.29, 0.717) is 5.57 Å². The smallest absolute Gasteiger partial charge is 0.349 e. The van der Waals surface area contributed by atoms with Gasteiger partial charge in [0.2, 0.25) is 0 Å². The van der Waals surface area contributed by atoms with Gasteiger partial charge in [0.05, 0.1) is 6.61 Å². The van der Waals surface area contributed by atoms with Gasteiger partial charge < -0.3 is 14.5 Å². The maximum Gasteiger partial charge on any atom is 0.349 e. The highest BCUT2D eigenvalue weighted by atomic mass is 16.5. The minimum atomic E-state index is -0.551. The van der Waals surface area contributed by atoms with E-state index in [-0.39, 0.29) is 12.2 Å². The highest BCUT2D eigenvalue weighted by molar-refractivity contribution is 5.95. The summed E-state index contributed by atoms with van der Waals surface area (Å²) in [5.41, 5.74) is 2.82. The van der Waals surface area contributed by atoms with E-state index < -0.39 is 5.97 Å². The normalized spacial score (nSPS) is 18.6. The van der Waals surface area contributed by atoms with Crippen LogP contribution in [0.4, 0.5) is 0 Å². The Morgan fingerprint density at radius 1 is 1.17 bits per heavy atom. The van der Waals surface area contributed by atoms with Crippen LogP contribution in [0.2, 0.25) is 0 Å². The van der Waals surface area contributed by atoms with Crippen molar-refractivity contribution in [2.45, 2.75) is 40.0 Å². The highest BCUT2D eigenvalue weighted by Crippen LogP contribution is 2.25. The number of likely N-dealkylation sites (tertiary alicyclic amines) is 1. The van der Waals surface area contributed by atoms with Crippen LogP contribution in [0.3, 0.4) is 0 Å². The van der Waals surface area contributed by atoms with Crippen LogP contribution in [0, 0.1) is 11.3 Å². The molecule has 2 aliphatic heterocycles. The molecule has 2 heterocycles. The third-order valence-corrected chi connectivity index (χ3v) is 4.55. The van der Waals surface area contributed by atoms with Crippen LogP contribution in [0.1, 0.15) is 40.0 Å². The number of ether oxygens (including phenoxy) is 1.